The molecular weight excluding hydrogens is 100 g/mol. The van der Waals surface area contributed by atoms with Crippen LogP contribution in [-0.4, -0.2) is 12.9 Å². The van der Waals surface area contributed by atoms with Gasteiger partial charge in [0.15, 0.2) is 0 Å². The Morgan fingerprint density at radius 1 is 1.38 bits per heavy atom. The Balaban J connectivity index is 2.69. The second-order valence-electron chi connectivity index (χ2n) is 1.65. The summed E-state index contributed by atoms with van der Waals surface area (Å²) < 4.78 is 4.93. The predicted molar refractivity (Wildman–Crippen MR) is 33.8 cm³/mol. The first-order valence-corrected chi connectivity index (χ1v) is 2.67. The Morgan fingerprint density at radius 2 is 2.00 bits per heavy atom. The van der Waals surface area contributed by atoms with Gasteiger partial charge in [-0.05, 0) is 6.42 Å². The van der Waals surface area contributed by atoms with Crippen molar-refractivity contribution in [1.82, 2.24) is 0 Å². The maximum atomic E-state index is 4.93. The number of hydrogen-bond acceptors (Lipinski definition) is 0. The lowest BCUT2D eigenvalue weighted by Gasteiger charge is -1.84. The number of rotatable bonds is 0. The highest BCUT2D eigenvalue weighted by molar-refractivity contribution is 6.00. The summed E-state index contributed by atoms with van der Waals surface area (Å²) in [6, 6.07) is 0. The van der Waals surface area contributed by atoms with Crippen LogP contribution >= 0.6 is 0 Å². The third kappa shape index (κ3) is 1.06. The molecule has 0 atom stereocenters. The average Bonchev–Trinajstić information content (AvgIpc) is 1.90. The zero-order valence-electron chi connectivity index (χ0n) is 4.92. The van der Waals surface area contributed by atoms with E-state index in [1.54, 1.807) is 7.11 Å². The standard InChI is InChI=1S/C7H9O/c1-8-7-5-3-2-4-6-7/h3-6H,2H2,1H3/q+1. The molecule has 0 aromatic heterocycles. The average molecular weight is 109 g/mol. The zero-order chi connectivity index (χ0) is 5.82. The minimum absolute atomic E-state index is 0.941. The molecule has 42 valence electrons. The highest BCUT2D eigenvalue weighted by Gasteiger charge is 1.99. The van der Waals surface area contributed by atoms with Crippen LogP contribution in [0.25, 0.3) is 0 Å². The maximum absolute atomic E-state index is 4.93. The van der Waals surface area contributed by atoms with E-state index in [1.165, 1.54) is 0 Å². The molecular formula is C7H9O+. The van der Waals surface area contributed by atoms with Crippen molar-refractivity contribution >= 4 is 5.78 Å². The molecule has 0 radical (unpaired) electrons. The molecule has 1 rings (SSSR count). The number of allylic oxidation sites excluding steroid dienone is 4. The van der Waals surface area contributed by atoms with E-state index in [0.717, 1.165) is 12.2 Å². The Hall–Kier alpha value is -0.850. The summed E-state index contributed by atoms with van der Waals surface area (Å²) in [5.41, 5.74) is 0. The molecule has 1 heteroatoms. The summed E-state index contributed by atoms with van der Waals surface area (Å²) in [7, 11) is 1.68. The van der Waals surface area contributed by atoms with Gasteiger partial charge in [-0.1, -0.05) is 12.2 Å². The van der Waals surface area contributed by atoms with Crippen LogP contribution in [-0.2, 0) is 4.42 Å². The molecule has 0 unspecified atom stereocenters. The molecule has 8 heavy (non-hydrogen) atoms. The van der Waals surface area contributed by atoms with E-state index in [4.69, 9.17) is 4.42 Å². The molecule has 1 nitrogen and oxygen atoms in total. The first-order chi connectivity index (χ1) is 3.93. The van der Waals surface area contributed by atoms with Gasteiger partial charge < -0.3 is 0 Å². The summed E-state index contributed by atoms with van der Waals surface area (Å²) in [4.78, 5) is 0. The van der Waals surface area contributed by atoms with Crippen LogP contribution in [0.2, 0.25) is 0 Å². The molecule has 0 fully saturated rings. The largest absolute Gasteiger partial charge is 0.342 e. The molecule has 1 aliphatic rings. The van der Waals surface area contributed by atoms with Gasteiger partial charge in [-0.25, -0.2) is 0 Å². The number of carbonyl (C=O) groups excluding carboxylic acids is 1. The van der Waals surface area contributed by atoms with E-state index < -0.39 is 0 Å². The van der Waals surface area contributed by atoms with Crippen molar-refractivity contribution in [2.45, 2.75) is 6.42 Å². The van der Waals surface area contributed by atoms with Gasteiger partial charge in [-0.15, -0.1) is 0 Å². The highest BCUT2D eigenvalue weighted by Crippen LogP contribution is 1.95. The van der Waals surface area contributed by atoms with Crippen LogP contribution in [0.1, 0.15) is 6.42 Å². The fourth-order valence-corrected chi connectivity index (χ4v) is 0.639. The van der Waals surface area contributed by atoms with Crippen molar-refractivity contribution in [3.63, 3.8) is 0 Å². The van der Waals surface area contributed by atoms with E-state index >= 15 is 0 Å². The molecule has 0 saturated carbocycles. The van der Waals surface area contributed by atoms with Gasteiger partial charge in [0.25, 0.3) is 7.11 Å². The molecule has 0 aliphatic heterocycles. The Morgan fingerprint density at radius 3 is 2.38 bits per heavy atom. The molecule has 0 amide bonds. The van der Waals surface area contributed by atoms with Gasteiger partial charge in [-0.3, -0.25) is 4.42 Å². The summed E-state index contributed by atoms with van der Waals surface area (Å²) in [5.74, 6) is 0.941. The fourth-order valence-electron chi connectivity index (χ4n) is 0.639. The quantitative estimate of drug-likeness (QED) is 0.415. The van der Waals surface area contributed by atoms with E-state index in [-0.39, 0.29) is 0 Å². The minimum atomic E-state index is 0.941. The lowest BCUT2D eigenvalue weighted by Crippen LogP contribution is -1.92. The van der Waals surface area contributed by atoms with Crippen molar-refractivity contribution in [3.05, 3.63) is 24.3 Å². The first kappa shape index (κ1) is 5.29. The van der Waals surface area contributed by atoms with Crippen LogP contribution in [0.3, 0.4) is 0 Å². The fraction of sp³-hybridized carbons (Fsp3) is 0.286. The smallest absolute Gasteiger partial charge is 0.258 e. The summed E-state index contributed by atoms with van der Waals surface area (Å²) >= 11 is 0. The second kappa shape index (κ2) is 2.46. The van der Waals surface area contributed by atoms with Crippen LogP contribution in [0, 0.1) is 0 Å². The van der Waals surface area contributed by atoms with Gasteiger partial charge in [0.1, 0.15) is 0 Å². The number of ketones is 1. The van der Waals surface area contributed by atoms with E-state index in [0.29, 0.717) is 0 Å². The molecule has 0 saturated heterocycles. The van der Waals surface area contributed by atoms with Crippen LogP contribution in [0.5, 0.6) is 0 Å². The topological polar surface area (TPSA) is 11.3 Å². The third-order valence-corrected chi connectivity index (χ3v) is 1.07. The van der Waals surface area contributed by atoms with Gasteiger partial charge in [0.2, 0.25) is 0 Å². The molecule has 0 aromatic carbocycles. The van der Waals surface area contributed by atoms with Crippen LogP contribution in [0.4, 0.5) is 0 Å². The van der Waals surface area contributed by atoms with Gasteiger partial charge >= 0.3 is 5.78 Å². The van der Waals surface area contributed by atoms with Crippen molar-refractivity contribution < 1.29 is 4.42 Å². The van der Waals surface area contributed by atoms with Crippen LogP contribution < -0.4 is 0 Å². The van der Waals surface area contributed by atoms with Crippen LogP contribution in [0.15, 0.2) is 24.3 Å². The molecule has 0 N–H and O–H groups in total. The van der Waals surface area contributed by atoms with Crippen molar-refractivity contribution in [3.8, 4) is 0 Å². The van der Waals surface area contributed by atoms with E-state index in [9.17, 15) is 0 Å². The molecule has 0 bridgehead atoms. The van der Waals surface area contributed by atoms with Crippen molar-refractivity contribution in [2.24, 2.45) is 0 Å². The normalized spacial score (nSPS) is 16.9. The summed E-state index contributed by atoms with van der Waals surface area (Å²) in [5, 5.41) is 0. The maximum Gasteiger partial charge on any atom is 0.342 e. The lowest BCUT2D eigenvalue weighted by atomic mass is 10.2. The second-order valence-corrected chi connectivity index (χ2v) is 1.65. The predicted octanol–water partition coefficient (Wildman–Crippen LogP) is 1.24. The zero-order valence-corrected chi connectivity index (χ0v) is 4.92. The lowest BCUT2D eigenvalue weighted by molar-refractivity contribution is -0.417. The Bertz CT molecular complexity index is 138. The monoisotopic (exact) mass is 109 g/mol. The minimum Gasteiger partial charge on any atom is -0.258 e. The highest BCUT2D eigenvalue weighted by atomic mass is 16.4. The number of hydrogen-bond donors (Lipinski definition) is 0. The molecule has 1 aliphatic carbocycles. The van der Waals surface area contributed by atoms with Crippen molar-refractivity contribution in [1.29, 1.82) is 0 Å². The summed E-state index contributed by atoms with van der Waals surface area (Å²) in [6.45, 7) is 0. The van der Waals surface area contributed by atoms with Gasteiger partial charge in [-0.2, -0.15) is 0 Å². The van der Waals surface area contributed by atoms with Crippen molar-refractivity contribution in [2.75, 3.05) is 7.11 Å². The first-order valence-electron chi connectivity index (χ1n) is 2.67. The SMILES string of the molecule is C[O+]=C1C=CCC=C1. The van der Waals surface area contributed by atoms with Gasteiger partial charge in [0, 0.05) is 12.2 Å². The molecule has 0 aromatic rings. The Labute approximate surface area is 49.0 Å². The third-order valence-electron chi connectivity index (χ3n) is 1.07. The van der Waals surface area contributed by atoms with E-state index in [2.05, 4.69) is 12.2 Å². The van der Waals surface area contributed by atoms with Gasteiger partial charge in [0.05, 0.1) is 0 Å². The molecule has 0 spiro atoms. The summed E-state index contributed by atoms with van der Waals surface area (Å²) in [6.07, 6.45) is 9.12. The van der Waals surface area contributed by atoms with E-state index in [1.807, 2.05) is 12.2 Å². The molecule has 0 heterocycles. The Kier molecular flexibility index (Phi) is 1.62.